The second-order valence-corrected chi connectivity index (χ2v) is 13.4. The molecule has 0 saturated carbocycles. The highest BCUT2D eigenvalue weighted by molar-refractivity contribution is 8.76. The van der Waals surface area contributed by atoms with Crippen LogP contribution in [0.25, 0.3) is 0 Å². The fourth-order valence-corrected chi connectivity index (χ4v) is 6.47. The van der Waals surface area contributed by atoms with Gasteiger partial charge in [-0.15, -0.1) is 0 Å². The van der Waals surface area contributed by atoms with Gasteiger partial charge in [0, 0.05) is 22.9 Å². The first kappa shape index (κ1) is 33.0. The summed E-state index contributed by atoms with van der Waals surface area (Å²) in [6.45, 7) is 10.5. The Morgan fingerprint density at radius 2 is 1.00 bits per heavy atom. The van der Waals surface area contributed by atoms with Gasteiger partial charge in [-0.2, -0.15) is 0 Å². The minimum Gasteiger partial charge on any atom is -0.493 e. The summed E-state index contributed by atoms with van der Waals surface area (Å²) >= 11 is 0. The Labute approximate surface area is 268 Å². The number of benzene rings is 4. The minimum atomic E-state index is -0.159. The standard InChI is InChI=1S/C36H40N2O4S2/c1-25(2)23-41-29-13-9-11-27(19-29)21-37-35(39)31-15-5-7-17-33(31)43-44-34-18-8-6-16-32(34)36(40)38-22-28-12-10-14-30(20-28)42-24-26(3)4/h5-20,25-26H,21-24H2,1-4H3,(H,37,39)(H,38,40). The zero-order valence-corrected chi connectivity index (χ0v) is 27.3. The van der Waals surface area contributed by atoms with E-state index < -0.39 is 0 Å². The number of amides is 2. The number of nitrogens with one attached hydrogen (secondary N) is 2. The summed E-state index contributed by atoms with van der Waals surface area (Å²) in [6.07, 6.45) is 0. The van der Waals surface area contributed by atoms with E-state index in [0.717, 1.165) is 32.4 Å². The Bertz CT molecular complexity index is 1430. The summed E-state index contributed by atoms with van der Waals surface area (Å²) in [5, 5.41) is 6.07. The van der Waals surface area contributed by atoms with Crippen LogP contribution in [-0.4, -0.2) is 25.0 Å². The maximum Gasteiger partial charge on any atom is 0.252 e. The van der Waals surface area contributed by atoms with E-state index >= 15 is 0 Å². The average Bonchev–Trinajstić information content (AvgIpc) is 3.04. The van der Waals surface area contributed by atoms with Crippen LogP contribution in [0.1, 0.15) is 59.5 Å². The van der Waals surface area contributed by atoms with Gasteiger partial charge in [-0.05, 0) is 71.5 Å². The van der Waals surface area contributed by atoms with E-state index in [1.807, 2.05) is 97.1 Å². The SMILES string of the molecule is CC(C)COc1cccc(CNC(=O)c2ccccc2SSc2ccccc2C(=O)NCc2cccc(OCC(C)C)c2)c1. The van der Waals surface area contributed by atoms with Gasteiger partial charge in [-0.1, -0.05) is 97.8 Å². The number of hydrogen-bond acceptors (Lipinski definition) is 6. The molecule has 0 aliphatic heterocycles. The van der Waals surface area contributed by atoms with Crippen molar-refractivity contribution in [2.24, 2.45) is 11.8 Å². The fourth-order valence-electron chi connectivity index (χ4n) is 4.11. The summed E-state index contributed by atoms with van der Waals surface area (Å²) in [7, 11) is 2.91. The Kier molecular flexibility index (Phi) is 12.6. The first-order valence-electron chi connectivity index (χ1n) is 14.8. The van der Waals surface area contributed by atoms with E-state index in [0.29, 0.717) is 49.3 Å². The third-order valence-electron chi connectivity index (χ3n) is 6.35. The minimum absolute atomic E-state index is 0.159. The average molecular weight is 629 g/mol. The highest BCUT2D eigenvalue weighted by atomic mass is 33.1. The molecule has 0 bridgehead atoms. The molecule has 0 spiro atoms. The molecule has 0 aliphatic carbocycles. The lowest BCUT2D eigenvalue weighted by atomic mass is 10.2. The van der Waals surface area contributed by atoms with Gasteiger partial charge in [0.25, 0.3) is 11.8 Å². The van der Waals surface area contributed by atoms with Crippen LogP contribution in [0.5, 0.6) is 11.5 Å². The van der Waals surface area contributed by atoms with E-state index in [9.17, 15) is 9.59 Å². The monoisotopic (exact) mass is 628 g/mol. The topological polar surface area (TPSA) is 76.7 Å². The molecule has 0 aromatic heterocycles. The lowest BCUT2D eigenvalue weighted by molar-refractivity contribution is 0.0940. The molecular formula is C36H40N2O4S2. The predicted octanol–water partition coefficient (Wildman–Crippen LogP) is 8.42. The quantitative estimate of drug-likeness (QED) is 0.129. The lowest BCUT2D eigenvalue weighted by Crippen LogP contribution is -2.23. The van der Waals surface area contributed by atoms with Crippen LogP contribution in [0, 0.1) is 11.8 Å². The van der Waals surface area contributed by atoms with Crippen LogP contribution >= 0.6 is 21.6 Å². The molecule has 0 radical (unpaired) electrons. The second-order valence-electron chi connectivity index (χ2n) is 11.2. The van der Waals surface area contributed by atoms with Gasteiger partial charge in [0.05, 0.1) is 24.3 Å². The zero-order valence-electron chi connectivity index (χ0n) is 25.7. The van der Waals surface area contributed by atoms with Crippen molar-refractivity contribution in [3.05, 3.63) is 119 Å². The fraction of sp³-hybridized carbons (Fsp3) is 0.278. The maximum atomic E-state index is 13.2. The van der Waals surface area contributed by atoms with Crippen molar-refractivity contribution >= 4 is 33.4 Å². The first-order valence-corrected chi connectivity index (χ1v) is 17.0. The Morgan fingerprint density at radius 1 is 0.591 bits per heavy atom. The van der Waals surface area contributed by atoms with Crippen LogP contribution in [0.3, 0.4) is 0 Å². The zero-order chi connectivity index (χ0) is 31.3. The predicted molar refractivity (Wildman–Crippen MR) is 180 cm³/mol. The van der Waals surface area contributed by atoms with Crippen molar-refractivity contribution in [1.29, 1.82) is 0 Å². The molecular weight excluding hydrogens is 589 g/mol. The van der Waals surface area contributed by atoms with Gasteiger partial charge < -0.3 is 20.1 Å². The van der Waals surface area contributed by atoms with Gasteiger partial charge in [-0.3, -0.25) is 9.59 Å². The third kappa shape index (κ3) is 10.4. The molecule has 230 valence electrons. The van der Waals surface area contributed by atoms with Crippen LogP contribution in [0.2, 0.25) is 0 Å². The summed E-state index contributed by atoms with van der Waals surface area (Å²) < 4.78 is 11.7. The molecule has 0 aliphatic rings. The van der Waals surface area contributed by atoms with E-state index in [2.05, 4.69) is 38.3 Å². The van der Waals surface area contributed by atoms with E-state index in [1.54, 1.807) is 0 Å². The van der Waals surface area contributed by atoms with E-state index in [-0.39, 0.29) is 11.8 Å². The largest absolute Gasteiger partial charge is 0.493 e. The molecule has 0 atom stereocenters. The van der Waals surface area contributed by atoms with Crippen molar-refractivity contribution in [3.63, 3.8) is 0 Å². The van der Waals surface area contributed by atoms with Gasteiger partial charge in [0.2, 0.25) is 0 Å². The van der Waals surface area contributed by atoms with Crippen LogP contribution in [-0.2, 0) is 13.1 Å². The van der Waals surface area contributed by atoms with Crippen molar-refractivity contribution in [3.8, 4) is 11.5 Å². The van der Waals surface area contributed by atoms with Crippen LogP contribution in [0.15, 0.2) is 107 Å². The molecule has 0 fully saturated rings. The lowest BCUT2D eigenvalue weighted by Gasteiger charge is -2.13. The van der Waals surface area contributed by atoms with E-state index in [1.165, 1.54) is 21.6 Å². The van der Waals surface area contributed by atoms with Crippen molar-refractivity contribution in [1.82, 2.24) is 10.6 Å². The van der Waals surface area contributed by atoms with Crippen LogP contribution < -0.4 is 20.1 Å². The number of rotatable bonds is 15. The number of hydrogen-bond donors (Lipinski definition) is 2. The molecule has 0 unspecified atom stereocenters. The second kappa shape index (κ2) is 16.8. The van der Waals surface area contributed by atoms with Gasteiger partial charge in [0.15, 0.2) is 0 Å². The molecule has 8 heteroatoms. The molecule has 2 N–H and O–H groups in total. The number of ether oxygens (including phenoxy) is 2. The number of carbonyl (C=O) groups is 2. The highest BCUT2D eigenvalue weighted by Gasteiger charge is 2.16. The normalized spacial score (nSPS) is 11.0. The Morgan fingerprint density at radius 3 is 1.41 bits per heavy atom. The highest BCUT2D eigenvalue weighted by Crippen LogP contribution is 2.40. The van der Waals surface area contributed by atoms with Crippen LogP contribution in [0.4, 0.5) is 0 Å². The molecule has 6 nitrogen and oxygen atoms in total. The summed E-state index contributed by atoms with van der Waals surface area (Å²) in [6, 6.07) is 30.6. The molecule has 44 heavy (non-hydrogen) atoms. The molecule has 4 aromatic carbocycles. The summed E-state index contributed by atoms with van der Waals surface area (Å²) in [5.74, 6) is 2.14. The molecule has 4 rings (SSSR count). The van der Waals surface area contributed by atoms with E-state index in [4.69, 9.17) is 9.47 Å². The van der Waals surface area contributed by atoms with Gasteiger partial charge >= 0.3 is 0 Å². The number of carbonyl (C=O) groups excluding carboxylic acids is 2. The van der Waals surface area contributed by atoms with Gasteiger partial charge in [0.1, 0.15) is 11.5 Å². The summed E-state index contributed by atoms with van der Waals surface area (Å²) in [4.78, 5) is 28.0. The third-order valence-corrected chi connectivity index (χ3v) is 8.84. The van der Waals surface area contributed by atoms with Crippen molar-refractivity contribution in [2.75, 3.05) is 13.2 Å². The maximum absolute atomic E-state index is 13.2. The smallest absolute Gasteiger partial charge is 0.252 e. The van der Waals surface area contributed by atoms with Crippen molar-refractivity contribution < 1.29 is 19.1 Å². The van der Waals surface area contributed by atoms with Crippen molar-refractivity contribution in [2.45, 2.75) is 50.6 Å². The first-order chi connectivity index (χ1) is 21.3. The Hall–Kier alpha value is -3.88. The molecule has 4 aromatic rings. The summed E-state index contributed by atoms with van der Waals surface area (Å²) in [5.41, 5.74) is 3.10. The Balaban J connectivity index is 1.36. The molecule has 0 heterocycles. The van der Waals surface area contributed by atoms with Gasteiger partial charge in [-0.25, -0.2) is 0 Å². The molecule has 0 saturated heterocycles. The molecule has 2 amide bonds.